The van der Waals surface area contributed by atoms with Gasteiger partial charge in [0.1, 0.15) is 5.69 Å². The minimum Gasteiger partial charge on any atom is -0.394 e. The normalized spacial score (nSPS) is 10.6. The summed E-state index contributed by atoms with van der Waals surface area (Å²) in [5, 5.41) is 0. The fourth-order valence-corrected chi connectivity index (χ4v) is 1.41. The molecule has 1 aromatic carbocycles. The lowest BCUT2D eigenvalue weighted by molar-refractivity contribution is 0.464. The largest absolute Gasteiger partial charge is 0.394 e. The Morgan fingerprint density at radius 2 is 1.53 bits per heavy atom. The number of halogens is 4. The molecule has 0 saturated heterocycles. The van der Waals surface area contributed by atoms with Gasteiger partial charge in [0.05, 0.1) is 5.56 Å². The molecule has 2 nitrogen and oxygen atoms in total. The Morgan fingerprint density at radius 1 is 0.941 bits per heavy atom. The molecule has 0 aliphatic rings. The summed E-state index contributed by atoms with van der Waals surface area (Å²) in [5.74, 6) is -6.28. The quantitative estimate of drug-likeness (QED) is 0.474. The highest BCUT2D eigenvalue weighted by molar-refractivity contribution is 5.67. The lowest BCUT2D eigenvalue weighted by Crippen LogP contribution is -2.05. The van der Waals surface area contributed by atoms with Crippen LogP contribution in [0.25, 0.3) is 11.1 Å². The van der Waals surface area contributed by atoms with Gasteiger partial charge in [0.2, 0.25) is 0 Å². The molecule has 0 spiro atoms. The highest BCUT2D eigenvalue weighted by atomic mass is 19.2. The third kappa shape index (κ3) is 1.71. The maximum absolute atomic E-state index is 13.5. The van der Waals surface area contributed by atoms with E-state index in [1.54, 1.807) is 0 Å². The third-order valence-corrected chi connectivity index (χ3v) is 2.25. The fourth-order valence-electron chi connectivity index (χ4n) is 1.41. The first kappa shape index (κ1) is 11.4. The van der Waals surface area contributed by atoms with Crippen LogP contribution in [0.1, 0.15) is 0 Å². The van der Waals surface area contributed by atoms with Crippen molar-refractivity contribution in [1.82, 2.24) is 4.98 Å². The summed E-state index contributed by atoms with van der Waals surface area (Å²) in [6.45, 7) is 0. The van der Waals surface area contributed by atoms with Gasteiger partial charge in [-0.3, -0.25) is 4.98 Å². The van der Waals surface area contributed by atoms with Crippen LogP contribution < -0.4 is 5.73 Å². The molecule has 0 radical (unpaired) electrons. The van der Waals surface area contributed by atoms with Crippen molar-refractivity contribution in [3.63, 3.8) is 0 Å². The van der Waals surface area contributed by atoms with Crippen LogP contribution in [0.5, 0.6) is 0 Å². The van der Waals surface area contributed by atoms with Crippen LogP contribution in [0.3, 0.4) is 0 Å². The fraction of sp³-hybridized carbons (Fsp3) is 0. The molecule has 6 heteroatoms. The molecule has 2 aromatic rings. The second kappa shape index (κ2) is 4.04. The van der Waals surface area contributed by atoms with E-state index < -0.39 is 34.5 Å². The van der Waals surface area contributed by atoms with Crippen molar-refractivity contribution >= 4 is 5.69 Å². The van der Waals surface area contributed by atoms with E-state index in [1.165, 1.54) is 18.3 Å². The Kier molecular flexibility index (Phi) is 2.71. The van der Waals surface area contributed by atoms with Crippen molar-refractivity contribution in [2.24, 2.45) is 0 Å². The average Bonchev–Trinajstić information content (AvgIpc) is 2.36. The summed E-state index contributed by atoms with van der Waals surface area (Å²) < 4.78 is 53.4. The predicted octanol–water partition coefficient (Wildman–Crippen LogP) is 2.89. The van der Waals surface area contributed by atoms with Crippen LogP contribution in [0, 0.1) is 23.3 Å². The van der Waals surface area contributed by atoms with Crippen molar-refractivity contribution in [1.29, 1.82) is 0 Å². The number of hydrogen-bond donors (Lipinski definition) is 1. The lowest BCUT2D eigenvalue weighted by Gasteiger charge is -2.08. The SMILES string of the molecule is Nc1c(F)c(F)c(-c2cccnc2)c(F)c1F. The van der Waals surface area contributed by atoms with E-state index >= 15 is 0 Å². The monoisotopic (exact) mass is 242 g/mol. The Bertz CT molecular complexity index is 540. The van der Waals surface area contributed by atoms with Gasteiger partial charge in [0.15, 0.2) is 23.3 Å². The molecule has 0 bridgehead atoms. The molecule has 1 aromatic heterocycles. The molecule has 0 amide bonds. The number of anilines is 1. The summed E-state index contributed by atoms with van der Waals surface area (Å²) >= 11 is 0. The van der Waals surface area contributed by atoms with Gasteiger partial charge in [-0.05, 0) is 6.07 Å². The Morgan fingerprint density at radius 3 is 2.00 bits per heavy atom. The van der Waals surface area contributed by atoms with Crippen molar-refractivity contribution in [3.05, 3.63) is 47.8 Å². The van der Waals surface area contributed by atoms with E-state index in [0.29, 0.717) is 0 Å². The third-order valence-electron chi connectivity index (χ3n) is 2.25. The highest BCUT2D eigenvalue weighted by Gasteiger charge is 2.24. The van der Waals surface area contributed by atoms with Crippen molar-refractivity contribution < 1.29 is 17.6 Å². The number of nitrogens with zero attached hydrogens (tertiary/aromatic N) is 1. The van der Waals surface area contributed by atoms with Gasteiger partial charge in [0.25, 0.3) is 0 Å². The van der Waals surface area contributed by atoms with E-state index in [0.717, 1.165) is 6.20 Å². The second-order valence-corrected chi connectivity index (χ2v) is 3.29. The second-order valence-electron chi connectivity index (χ2n) is 3.29. The summed E-state index contributed by atoms with van der Waals surface area (Å²) in [6, 6.07) is 2.67. The van der Waals surface area contributed by atoms with Crippen molar-refractivity contribution in [2.75, 3.05) is 5.73 Å². The molecule has 0 fully saturated rings. The topological polar surface area (TPSA) is 38.9 Å². The average molecular weight is 242 g/mol. The number of rotatable bonds is 1. The molecule has 2 rings (SSSR count). The molecule has 1 heterocycles. The number of nitrogen functional groups attached to an aromatic ring is 1. The minimum atomic E-state index is -1.61. The molecule has 0 aliphatic heterocycles. The number of aromatic nitrogens is 1. The van der Waals surface area contributed by atoms with Gasteiger partial charge >= 0.3 is 0 Å². The Labute approximate surface area is 93.7 Å². The van der Waals surface area contributed by atoms with Crippen molar-refractivity contribution in [2.45, 2.75) is 0 Å². The van der Waals surface area contributed by atoms with E-state index in [1.807, 2.05) is 0 Å². The van der Waals surface area contributed by atoms with Gasteiger partial charge in [-0.1, -0.05) is 6.07 Å². The lowest BCUT2D eigenvalue weighted by atomic mass is 10.0. The molecular formula is C11H6F4N2. The summed E-state index contributed by atoms with van der Waals surface area (Å²) in [4.78, 5) is 3.62. The van der Waals surface area contributed by atoms with Gasteiger partial charge in [-0.15, -0.1) is 0 Å². The molecule has 0 saturated carbocycles. The molecule has 2 N–H and O–H groups in total. The van der Waals surface area contributed by atoms with E-state index in [4.69, 9.17) is 5.73 Å². The number of benzene rings is 1. The van der Waals surface area contributed by atoms with Crippen LogP contribution in [-0.2, 0) is 0 Å². The molecule has 17 heavy (non-hydrogen) atoms. The van der Waals surface area contributed by atoms with Crippen LogP contribution in [0.2, 0.25) is 0 Å². The van der Waals surface area contributed by atoms with Gasteiger partial charge in [-0.2, -0.15) is 0 Å². The Balaban J connectivity index is 2.80. The first-order chi connectivity index (χ1) is 8.04. The smallest absolute Gasteiger partial charge is 0.185 e. The number of hydrogen-bond acceptors (Lipinski definition) is 2. The van der Waals surface area contributed by atoms with Gasteiger partial charge in [0, 0.05) is 18.0 Å². The van der Waals surface area contributed by atoms with Crippen LogP contribution in [0.15, 0.2) is 24.5 Å². The Hall–Kier alpha value is -2.11. The first-order valence-electron chi connectivity index (χ1n) is 4.56. The van der Waals surface area contributed by atoms with E-state index in [9.17, 15) is 17.6 Å². The van der Waals surface area contributed by atoms with Crippen LogP contribution in [0.4, 0.5) is 23.2 Å². The standard InChI is InChI=1S/C11H6F4N2/c12-7-6(5-2-1-3-17-4-5)8(13)10(15)11(16)9(7)14/h1-4H,16H2. The maximum atomic E-state index is 13.5. The first-order valence-corrected chi connectivity index (χ1v) is 4.56. The summed E-state index contributed by atoms with van der Waals surface area (Å²) in [7, 11) is 0. The zero-order valence-corrected chi connectivity index (χ0v) is 8.35. The summed E-state index contributed by atoms with van der Waals surface area (Å²) in [6.07, 6.45) is 2.46. The molecule has 0 atom stereocenters. The van der Waals surface area contributed by atoms with Gasteiger partial charge < -0.3 is 5.73 Å². The molecule has 0 aliphatic carbocycles. The molecular weight excluding hydrogens is 236 g/mol. The van der Waals surface area contributed by atoms with Crippen LogP contribution in [-0.4, -0.2) is 4.98 Å². The van der Waals surface area contributed by atoms with Gasteiger partial charge in [-0.25, -0.2) is 17.6 Å². The van der Waals surface area contributed by atoms with E-state index in [2.05, 4.69) is 4.98 Å². The molecule has 88 valence electrons. The highest BCUT2D eigenvalue weighted by Crippen LogP contribution is 2.32. The van der Waals surface area contributed by atoms with Crippen LogP contribution >= 0.6 is 0 Å². The van der Waals surface area contributed by atoms with E-state index in [-0.39, 0.29) is 5.56 Å². The predicted molar refractivity (Wildman–Crippen MR) is 53.9 cm³/mol. The maximum Gasteiger partial charge on any atom is 0.185 e. The zero-order chi connectivity index (χ0) is 12.6. The molecule has 0 unspecified atom stereocenters. The number of nitrogens with two attached hydrogens (primary N) is 1. The zero-order valence-electron chi connectivity index (χ0n) is 8.35. The minimum absolute atomic E-state index is 0.0692. The van der Waals surface area contributed by atoms with Crippen molar-refractivity contribution in [3.8, 4) is 11.1 Å². The number of pyridine rings is 1. The summed E-state index contributed by atoms with van der Waals surface area (Å²) in [5.41, 5.74) is 2.82.